The van der Waals surface area contributed by atoms with Gasteiger partial charge in [0.1, 0.15) is 5.69 Å². The Balaban J connectivity index is 3.43. The molecule has 1 heterocycles. The van der Waals surface area contributed by atoms with Crippen LogP contribution in [0, 0.1) is 0 Å². The molecule has 0 saturated heterocycles. The van der Waals surface area contributed by atoms with Crippen molar-refractivity contribution >= 4 is 0 Å². The highest BCUT2D eigenvalue weighted by Crippen LogP contribution is 2.51. The van der Waals surface area contributed by atoms with Gasteiger partial charge in [0.25, 0.3) is 0 Å². The molecule has 0 N–H and O–H groups in total. The minimum Gasteiger partial charge on any atom is -0.242 e. The average Bonchev–Trinajstić information content (AvgIpc) is 2.86. The largest absolute Gasteiger partial charge is 0.459 e. The van der Waals surface area contributed by atoms with E-state index in [0.717, 1.165) is 0 Å². The fraction of sp³-hybridized carbons (Fsp3) is 0.833. The molecular formula is C12H13F10N3. The molecule has 1 rings (SSSR count). The lowest BCUT2D eigenvalue weighted by Gasteiger charge is -2.24. The van der Waals surface area contributed by atoms with Gasteiger partial charge < -0.3 is 0 Å². The lowest BCUT2D eigenvalue weighted by molar-refractivity contribution is -0.304. The molecule has 0 spiro atoms. The molecule has 0 radical (unpaired) electrons. The van der Waals surface area contributed by atoms with Gasteiger partial charge in [0, 0.05) is 6.54 Å². The Morgan fingerprint density at radius 3 is 1.72 bits per heavy atom. The van der Waals surface area contributed by atoms with Gasteiger partial charge in [-0.3, -0.25) is 0 Å². The van der Waals surface area contributed by atoms with Crippen molar-refractivity contribution in [3.63, 3.8) is 0 Å². The summed E-state index contributed by atoms with van der Waals surface area (Å²) < 4.78 is 128. The minimum absolute atomic E-state index is 0.0465. The fourth-order valence-electron chi connectivity index (χ4n) is 1.95. The first-order valence-electron chi connectivity index (χ1n) is 7.01. The molecular weight excluding hydrogens is 376 g/mol. The number of rotatable bonds is 7. The second-order valence-corrected chi connectivity index (χ2v) is 5.21. The third kappa shape index (κ3) is 4.17. The van der Waals surface area contributed by atoms with Gasteiger partial charge in [0.05, 0.1) is 0 Å². The number of aryl methyl sites for hydroxylation is 1. The smallest absolute Gasteiger partial charge is 0.242 e. The topological polar surface area (TPSA) is 30.7 Å². The number of unbranched alkanes of at least 4 members (excludes halogenated alkanes) is 3. The van der Waals surface area contributed by atoms with Crippen molar-refractivity contribution < 1.29 is 43.9 Å². The number of nitrogens with zero attached hydrogens (tertiary/aromatic N) is 3. The van der Waals surface area contributed by atoms with Crippen LogP contribution in [-0.2, 0) is 18.4 Å². The number of halogens is 10. The van der Waals surface area contributed by atoms with E-state index in [1.54, 1.807) is 6.92 Å². The van der Waals surface area contributed by atoms with Gasteiger partial charge in [-0.05, 0) is 6.42 Å². The zero-order valence-corrected chi connectivity index (χ0v) is 12.7. The van der Waals surface area contributed by atoms with E-state index in [1.807, 2.05) is 0 Å². The molecule has 0 atom stereocenters. The van der Waals surface area contributed by atoms with Crippen LogP contribution in [0.15, 0.2) is 0 Å². The molecule has 0 saturated carbocycles. The highest BCUT2D eigenvalue weighted by atomic mass is 19.4. The first-order valence-corrected chi connectivity index (χ1v) is 7.01. The van der Waals surface area contributed by atoms with E-state index in [1.165, 1.54) is 0 Å². The Morgan fingerprint density at radius 2 is 1.28 bits per heavy atom. The Morgan fingerprint density at radius 1 is 0.760 bits per heavy atom. The fourth-order valence-corrected chi connectivity index (χ4v) is 1.95. The van der Waals surface area contributed by atoms with Crippen LogP contribution in [0.5, 0.6) is 0 Å². The van der Waals surface area contributed by atoms with Gasteiger partial charge in [-0.1, -0.05) is 31.4 Å². The Kier molecular flexibility index (Phi) is 6.00. The maximum Gasteiger partial charge on any atom is 0.459 e. The Labute approximate surface area is 135 Å². The third-order valence-corrected chi connectivity index (χ3v) is 3.27. The predicted molar refractivity (Wildman–Crippen MR) is 64.1 cm³/mol. The third-order valence-electron chi connectivity index (χ3n) is 3.27. The van der Waals surface area contributed by atoms with E-state index in [9.17, 15) is 43.9 Å². The van der Waals surface area contributed by atoms with Crippen molar-refractivity contribution in [3.8, 4) is 0 Å². The molecule has 1 aromatic rings. The van der Waals surface area contributed by atoms with Gasteiger partial charge in [-0.2, -0.15) is 43.9 Å². The van der Waals surface area contributed by atoms with Crippen LogP contribution in [0.1, 0.15) is 44.0 Å². The maximum atomic E-state index is 13.6. The molecule has 0 aliphatic rings. The SMILES string of the molecule is CCCCCCn1nnc(C(F)(F)C(F)(F)F)c1C(F)(F)C(F)(F)F. The second kappa shape index (κ2) is 6.98. The average molecular weight is 389 g/mol. The maximum absolute atomic E-state index is 13.6. The molecule has 146 valence electrons. The quantitative estimate of drug-likeness (QED) is 0.476. The summed E-state index contributed by atoms with van der Waals surface area (Å²) >= 11 is 0. The van der Waals surface area contributed by atoms with Crippen LogP contribution in [-0.4, -0.2) is 27.3 Å². The van der Waals surface area contributed by atoms with Crippen LogP contribution >= 0.6 is 0 Å². The van der Waals surface area contributed by atoms with Gasteiger partial charge in [-0.25, -0.2) is 4.68 Å². The van der Waals surface area contributed by atoms with E-state index in [-0.39, 0.29) is 11.1 Å². The van der Waals surface area contributed by atoms with Crippen molar-refractivity contribution in [1.29, 1.82) is 0 Å². The first kappa shape index (κ1) is 21.5. The zero-order chi connectivity index (χ0) is 19.7. The number of hydrogen-bond donors (Lipinski definition) is 0. The molecule has 0 aromatic carbocycles. The van der Waals surface area contributed by atoms with Crippen molar-refractivity contribution in [3.05, 3.63) is 11.4 Å². The second-order valence-electron chi connectivity index (χ2n) is 5.21. The summed E-state index contributed by atoms with van der Waals surface area (Å²) in [6, 6.07) is 0. The molecule has 0 aliphatic carbocycles. The molecule has 3 nitrogen and oxygen atoms in total. The molecule has 0 bridgehead atoms. The van der Waals surface area contributed by atoms with Gasteiger partial charge >= 0.3 is 24.2 Å². The van der Waals surface area contributed by atoms with E-state index >= 15 is 0 Å². The Bertz CT molecular complexity index is 573. The minimum atomic E-state index is -6.41. The normalized spacial score (nSPS) is 14.2. The van der Waals surface area contributed by atoms with Crippen molar-refractivity contribution in [2.45, 2.75) is 63.3 Å². The molecule has 0 fully saturated rings. The van der Waals surface area contributed by atoms with Crippen LogP contribution < -0.4 is 0 Å². The lowest BCUT2D eigenvalue weighted by atomic mass is 10.1. The van der Waals surface area contributed by atoms with E-state index in [0.29, 0.717) is 19.3 Å². The summed E-state index contributed by atoms with van der Waals surface area (Å²) in [6.45, 7) is 1.06. The van der Waals surface area contributed by atoms with Gasteiger partial charge in [0.15, 0.2) is 5.69 Å². The molecule has 0 unspecified atom stereocenters. The van der Waals surface area contributed by atoms with E-state index in [2.05, 4.69) is 10.3 Å². The summed E-state index contributed by atoms with van der Waals surface area (Å²) in [5.41, 5.74) is -5.35. The highest BCUT2D eigenvalue weighted by Gasteiger charge is 2.68. The molecule has 25 heavy (non-hydrogen) atoms. The van der Waals surface area contributed by atoms with Crippen LogP contribution in [0.2, 0.25) is 0 Å². The van der Waals surface area contributed by atoms with Gasteiger partial charge in [0.2, 0.25) is 0 Å². The molecule has 0 aliphatic heterocycles. The summed E-state index contributed by atoms with van der Waals surface area (Å²) in [5.74, 6) is -12.0. The monoisotopic (exact) mass is 389 g/mol. The molecule has 0 amide bonds. The summed E-state index contributed by atoms with van der Waals surface area (Å²) in [4.78, 5) is 0. The predicted octanol–water partition coefficient (Wildman–Crippen LogP) is 5.17. The van der Waals surface area contributed by atoms with Crippen LogP contribution in [0.25, 0.3) is 0 Å². The summed E-state index contributed by atoms with van der Waals surface area (Å²) in [7, 11) is 0. The van der Waals surface area contributed by atoms with E-state index in [4.69, 9.17) is 0 Å². The lowest BCUT2D eigenvalue weighted by Crippen LogP contribution is -2.41. The summed E-state index contributed by atoms with van der Waals surface area (Å²) in [6.07, 6.45) is -11.3. The number of aromatic nitrogens is 3. The number of hydrogen-bond acceptors (Lipinski definition) is 2. The Hall–Kier alpha value is -1.56. The van der Waals surface area contributed by atoms with Gasteiger partial charge in [-0.15, -0.1) is 5.10 Å². The zero-order valence-electron chi connectivity index (χ0n) is 12.7. The van der Waals surface area contributed by atoms with Crippen molar-refractivity contribution in [1.82, 2.24) is 15.0 Å². The van der Waals surface area contributed by atoms with Crippen LogP contribution in [0.3, 0.4) is 0 Å². The first-order chi connectivity index (χ1) is 11.2. The van der Waals surface area contributed by atoms with E-state index < -0.39 is 42.1 Å². The molecule has 13 heteroatoms. The summed E-state index contributed by atoms with van der Waals surface area (Å²) in [5, 5.41) is 4.98. The number of alkyl halides is 10. The van der Waals surface area contributed by atoms with Crippen LogP contribution in [0.4, 0.5) is 43.9 Å². The standard InChI is InChI=1S/C12H13F10N3/c1-2-3-4-5-6-25-8(10(15,16)12(20,21)22)7(23-24-25)9(13,14)11(17,18)19/h2-6H2,1H3. The highest BCUT2D eigenvalue weighted by molar-refractivity contribution is 5.24. The van der Waals surface area contributed by atoms with Crippen molar-refractivity contribution in [2.24, 2.45) is 0 Å². The molecule has 1 aromatic heterocycles. The van der Waals surface area contributed by atoms with Crippen molar-refractivity contribution in [2.75, 3.05) is 0 Å².